The quantitative estimate of drug-likeness (QED) is 0.703. The number of carbonyl (C=O) groups is 1. The Hall–Kier alpha value is -2.54. The second-order valence-corrected chi connectivity index (χ2v) is 8.14. The zero-order valence-corrected chi connectivity index (χ0v) is 15.8. The summed E-state index contributed by atoms with van der Waals surface area (Å²) >= 11 is 0. The number of hydrogen-bond acceptors (Lipinski definition) is 4. The molecule has 1 amide bonds. The molecule has 0 spiro atoms. The molecular weight excluding hydrogens is 352 g/mol. The number of amides is 1. The number of primary amides is 1. The molecule has 6 nitrogen and oxygen atoms in total. The van der Waals surface area contributed by atoms with Crippen LogP contribution in [0.25, 0.3) is 0 Å². The Morgan fingerprint density at radius 2 is 1.69 bits per heavy atom. The van der Waals surface area contributed by atoms with Crippen LogP contribution in [0.5, 0.6) is 5.75 Å². The number of rotatable bonds is 9. The van der Waals surface area contributed by atoms with Gasteiger partial charge in [-0.3, -0.25) is 9.52 Å². The van der Waals surface area contributed by atoms with Crippen LogP contribution in [0.1, 0.15) is 25.8 Å². The van der Waals surface area contributed by atoms with E-state index in [9.17, 15) is 13.2 Å². The molecule has 26 heavy (non-hydrogen) atoms. The maximum Gasteiger partial charge on any atom is 0.261 e. The highest BCUT2D eigenvalue weighted by molar-refractivity contribution is 7.92. The highest BCUT2D eigenvalue weighted by Gasteiger charge is 2.14. The lowest BCUT2D eigenvalue weighted by Crippen LogP contribution is -2.20. The third-order valence-corrected chi connectivity index (χ3v) is 5.13. The highest BCUT2D eigenvalue weighted by atomic mass is 32.2. The summed E-state index contributed by atoms with van der Waals surface area (Å²) in [6.45, 7) is 4.09. The summed E-state index contributed by atoms with van der Waals surface area (Å²) in [7, 11) is -3.66. The lowest BCUT2D eigenvalue weighted by atomic mass is 10.0. The number of nitrogens with one attached hydrogen (secondary N) is 1. The summed E-state index contributed by atoms with van der Waals surface area (Å²) in [5, 5.41) is 0. The molecule has 0 heterocycles. The third kappa shape index (κ3) is 6.07. The van der Waals surface area contributed by atoms with E-state index in [-0.39, 0.29) is 11.5 Å². The van der Waals surface area contributed by atoms with Gasteiger partial charge >= 0.3 is 0 Å². The van der Waals surface area contributed by atoms with E-state index >= 15 is 0 Å². The zero-order valence-electron chi connectivity index (χ0n) is 14.9. The molecule has 0 aliphatic carbocycles. The summed E-state index contributed by atoms with van der Waals surface area (Å²) in [5.41, 5.74) is 6.53. The number of sulfonamides is 1. The second kappa shape index (κ2) is 8.71. The van der Waals surface area contributed by atoms with Crippen molar-refractivity contribution in [3.63, 3.8) is 0 Å². The number of anilines is 1. The Morgan fingerprint density at radius 3 is 2.23 bits per heavy atom. The second-order valence-electron chi connectivity index (χ2n) is 6.46. The fourth-order valence-electron chi connectivity index (χ4n) is 2.28. The van der Waals surface area contributed by atoms with Crippen LogP contribution in [-0.4, -0.2) is 20.9 Å². The molecule has 0 fully saturated rings. The normalized spacial score (nSPS) is 11.3. The number of ether oxygens (including phenoxy) is 1. The van der Waals surface area contributed by atoms with Crippen molar-refractivity contribution in [2.75, 3.05) is 11.3 Å². The molecule has 3 N–H and O–H groups in total. The van der Waals surface area contributed by atoms with Gasteiger partial charge in [0, 0.05) is 5.69 Å². The van der Waals surface area contributed by atoms with Crippen LogP contribution in [0.15, 0.2) is 53.4 Å². The van der Waals surface area contributed by atoms with Gasteiger partial charge in [0.2, 0.25) is 0 Å². The first kappa shape index (κ1) is 19.8. The van der Waals surface area contributed by atoms with E-state index < -0.39 is 15.9 Å². The van der Waals surface area contributed by atoms with Crippen LogP contribution in [-0.2, 0) is 21.2 Å². The van der Waals surface area contributed by atoms with Crippen LogP contribution < -0.4 is 15.2 Å². The molecule has 0 aliphatic heterocycles. The largest absolute Gasteiger partial charge is 0.484 e. The summed E-state index contributed by atoms with van der Waals surface area (Å²) in [5.74, 6) is 0.461. The maximum absolute atomic E-state index is 12.5. The smallest absolute Gasteiger partial charge is 0.261 e. The Labute approximate surface area is 154 Å². The van der Waals surface area contributed by atoms with Crippen molar-refractivity contribution in [3.8, 4) is 5.75 Å². The molecule has 0 aromatic heterocycles. The Morgan fingerprint density at radius 1 is 1.08 bits per heavy atom. The van der Waals surface area contributed by atoms with E-state index in [0.717, 1.165) is 18.4 Å². The van der Waals surface area contributed by atoms with Gasteiger partial charge in [0.25, 0.3) is 15.9 Å². The van der Waals surface area contributed by atoms with E-state index in [4.69, 9.17) is 10.5 Å². The average molecular weight is 376 g/mol. The summed E-state index contributed by atoms with van der Waals surface area (Å²) in [6.07, 6.45) is 1.99. The van der Waals surface area contributed by atoms with Gasteiger partial charge in [-0.15, -0.1) is 0 Å². The molecule has 0 aliphatic rings. The number of benzene rings is 2. The molecule has 0 unspecified atom stereocenters. The van der Waals surface area contributed by atoms with Gasteiger partial charge in [0.1, 0.15) is 5.75 Å². The van der Waals surface area contributed by atoms with Crippen LogP contribution >= 0.6 is 0 Å². The first-order valence-corrected chi connectivity index (χ1v) is 9.87. The molecule has 2 aromatic rings. The van der Waals surface area contributed by atoms with E-state index in [2.05, 4.69) is 18.6 Å². The van der Waals surface area contributed by atoms with Crippen molar-refractivity contribution < 1.29 is 17.9 Å². The predicted molar refractivity (Wildman–Crippen MR) is 102 cm³/mol. The van der Waals surface area contributed by atoms with E-state index in [0.29, 0.717) is 17.4 Å². The minimum absolute atomic E-state index is 0.208. The molecule has 7 heteroatoms. The minimum atomic E-state index is -3.66. The van der Waals surface area contributed by atoms with Crippen molar-refractivity contribution in [2.24, 2.45) is 11.7 Å². The lowest BCUT2D eigenvalue weighted by Gasteiger charge is -2.10. The fourth-order valence-corrected chi connectivity index (χ4v) is 3.34. The predicted octanol–water partition coefficient (Wildman–Crippen LogP) is 2.94. The lowest BCUT2D eigenvalue weighted by molar-refractivity contribution is -0.119. The third-order valence-electron chi connectivity index (χ3n) is 3.73. The van der Waals surface area contributed by atoms with Crippen molar-refractivity contribution in [2.45, 2.75) is 31.6 Å². The summed E-state index contributed by atoms with van der Waals surface area (Å²) in [4.78, 5) is 10.9. The molecule has 140 valence electrons. The number of carbonyl (C=O) groups excluding carboxylic acids is 1. The molecule has 2 aromatic carbocycles. The van der Waals surface area contributed by atoms with Crippen molar-refractivity contribution in [3.05, 3.63) is 54.1 Å². The van der Waals surface area contributed by atoms with Crippen LogP contribution in [0.3, 0.4) is 0 Å². The minimum Gasteiger partial charge on any atom is -0.484 e. The highest BCUT2D eigenvalue weighted by Crippen LogP contribution is 2.20. The van der Waals surface area contributed by atoms with Gasteiger partial charge in [-0.2, -0.15) is 0 Å². The summed E-state index contributed by atoms with van der Waals surface area (Å²) in [6, 6.07) is 13.2. The number of aryl methyl sites for hydroxylation is 1. The molecule has 0 saturated carbocycles. The Balaban J connectivity index is 2.02. The molecule has 0 saturated heterocycles. The van der Waals surface area contributed by atoms with Gasteiger partial charge in [-0.1, -0.05) is 26.0 Å². The first-order valence-electron chi connectivity index (χ1n) is 8.39. The monoisotopic (exact) mass is 376 g/mol. The van der Waals surface area contributed by atoms with Gasteiger partial charge in [0.15, 0.2) is 6.61 Å². The van der Waals surface area contributed by atoms with Crippen molar-refractivity contribution in [1.29, 1.82) is 0 Å². The summed E-state index contributed by atoms with van der Waals surface area (Å²) < 4.78 is 32.6. The number of hydrogen-bond donors (Lipinski definition) is 2. The standard InChI is InChI=1S/C19H24N2O4S/c1-14(2)3-4-15-5-11-18(12-6-15)26(23,24)21-16-7-9-17(10-8-16)25-13-19(20)22/h5-12,14,21H,3-4,13H2,1-2H3,(H2,20,22). The van der Waals surface area contributed by atoms with E-state index in [1.165, 1.54) is 0 Å². The molecule has 0 atom stereocenters. The van der Waals surface area contributed by atoms with Gasteiger partial charge in [0.05, 0.1) is 4.90 Å². The topological polar surface area (TPSA) is 98.5 Å². The van der Waals surface area contributed by atoms with E-state index in [1.807, 2.05) is 12.1 Å². The van der Waals surface area contributed by atoms with Crippen molar-refractivity contribution in [1.82, 2.24) is 0 Å². The zero-order chi connectivity index (χ0) is 19.2. The maximum atomic E-state index is 12.5. The van der Waals surface area contributed by atoms with Gasteiger partial charge < -0.3 is 10.5 Å². The Bertz CT molecular complexity index is 829. The average Bonchev–Trinajstić information content (AvgIpc) is 2.59. The van der Waals surface area contributed by atoms with Crippen molar-refractivity contribution >= 4 is 21.6 Å². The first-order chi connectivity index (χ1) is 12.3. The molecule has 0 radical (unpaired) electrons. The van der Waals surface area contributed by atoms with E-state index in [1.54, 1.807) is 36.4 Å². The fraction of sp³-hybridized carbons (Fsp3) is 0.316. The molecular formula is C19H24N2O4S. The van der Waals surface area contributed by atoms with Crippen LogP contribution in [0, 0.1) is 5.92 Å². The van der Waals surface area contributed by atoms with Gasteiger partial charge in [-0.25, -0.2) is 8.42 Å². The molecule has 2 rings (SSSR count). The van der Waals surface area contributed by atoms with Crippen LogP contribution in [0.2, 0.25) is 0 Å². The van der Waals surface area contributed by atoms with Crippen LogP contribution in [0.4, 0.5) is 5.69 Å². The molecule has 0 bridgehead atoms. The van der Waals surface area contributed by atoms with Gasteiger partial charge in [-0.05, 0) is 60.7 Å². The Kier molecular flexibility index (Phi) is 6.63. The SMILES string of the molecule is CC(C)CCc1ccc(S(=O)(=O)Nc2ccc(OCC(N)=O)cc2)cc1. The number of nitrogens with two attached hydrogens (primary N) is 1.